The number of hydrogen-bond donors (Lipinski definition) is 1. The lowest BCUT2D eigenvalue weighted by Crippen LogP contribution is -2.45. The molecule has 1 aliphatic rings. The number of halogens is 5. The van der Waals surface area contributed by atoms with Gasteiger partial charge in [-0.3, -0.25) is 4.90 Å². The zero-order valence-corrected chi connectivity index (χ0v) is 14.8. The van der Waals surface area contributed by atoms with Crippen LogP contribution in [0.15, 0.2) is 24.8 Å². The molecule has 1 saturated heterocycles. The number of benzene rings is 1. The monoisotopic (exact) mass is 378 g/mol. The fourth-order valence-corrected chi connectivity index (χ4v) is 3.40. The van der Waals surface area contributed by atoms with Crippen molar-refractivity contribution < 1.29 is 17.6 Å². The topological polar surface area (TPSA) is 15.3 Å². The average Bonchev–Trinajstić information content (AvgIpc) is 2.58. The van der Waals surface area contributed by atoms with Gasteiger partial charge in [-0.25, -0.2) is 4.39 Å². The fraction of sp³-hybridized carbons (Fsp3) is 0.556. The second-order valence-electron chi connectivity index (χ2n) is 6.23. The van der Waals surface area contributed by atoms with E-state index in [2.05, 4.69) is 11.9 Å². The highest BCUT2D eigenvalue weighted by atomic mass is 35.5. The molecule has 0 saturated carbocycles. The molecular weight excluding hydrogens is 356 g/mol. The molecule has 0 spiro atoms. The van der Waals surface area contributed by atoms with Crippen molar-refractivity contribution >= 4 is 11.6 Å². The largest absolute Gasteiger partial charge is 0.416 e. The van der Waals surface area contributed by atoms with Gasteiger partial charge in [-0.15, -0.1) is 6.58 Å². The van der Waals surface area contributed by atoms with E-state index in [1.807, 2.05) is 11.0 Å². The van der Waals surface area contributed by atoms with Gasteiger partial charge < -0.3 is 5.32 Å². The van der Waals surface area contributed by atoms with Crippen LogP contribution in [0, 0.1) is 5.82 Å². The molecular formula is C18H23ClF4N2. The van der Waals surface area contributed by atoms with Crippen molar-refractivity contribution in [2.75, 3.05) is 26.2 Å². The van der Waals surface area contributed by atoms with Gasteiger partial charge in [0.05, 0.1) is 10.6 Å². The van der Waals surface area contributed by atoms with Gasteiger partial charge >= 0.3 is 6.18 Å². The first-order valence-corrected chi connectivity index (χ1v) is 8.84. The summed E-state index contributed by atoms with van der Waals surface area (Å²) in [5, 5.41) is 2.73. The quantitative estimate of drug-likeness (QED) is 0.399. The number of hydrogen-bond acceptors (Lipinski definition) is 2. The molecule has 1 atom stereocenters. The highest BCUT2D eigenvalue weighted by molar-refractivity contribution is 6.30. The summed E-state index contributed by atoms with van der Waals surface area (Å²) in [7, 11) is 0. The van der Waals surface area contributed by atoms with Crippen LogP contribution in [0.4, 0.5) is 17.6 Å². The molecule has 1 fully saturated rings. The first kappa shape index (κ1) is 20.2. The smallest absolute Gasteiger partial charge is 0.314 e. The van der Waals surface area contributed by atoms with Gasteiger partial charge in [0.25, 0.3) is 0 Å². The van der Waals surface area contributed by atoms with E-state index in [0.717, 1.165) is 38.4 Å². The molecule has 0 unspecified atom stereocenters. The van der Waals surface area contributed by atoms with E-state index in [9.17, 15) is 17.6 Å². The fourth-order valence-electron chi connectivity index (χ4n) is 3.17. The summed E-state index contributed by atoms with van der Waals surface area (Å²) in [4.78, 5) is 2.04. The number of unbranched alkanes of at least 4 members (excludes halogenated alkanes) is 2. The van der Waals surface area contributed by atoms with Gasteiger partial charge in [0.1, 0.15) is 5.82 Å². The van der Waals surface area contributed by atoms with Crippen molar-refractivity contribution in [3.05, 3.63) is 46.8 Å². The summed E-state index contributed by atoms with van der Waals surface area (Å²) in [6.45, 7) is 6.47. The van der Waals surface area contributed by atoms with Gasteiger partial charge in [-0.05, 0) is 31.4 Å². The molecule has 7 heteroatoms. The second kappa shape index (κ2) is 9.01. The van der Waals surface area contributed by atoms with Crippen LogP contribution in [0.2, 0.25) is 5.02 Å². The maximum atomic E-state index is 14.6. The summed E-state index contributed by atoms with van der Waals surface area (Å²) in [6, 6.07) is 1.17. The van der Waals surface area contributed by atoms with E-state index in [4.69, 9.17) is 11.6 Å². The Kier molecular flexibility index (Phi) is 7.28. The molecule has 2 rings (SSSR count). The number of allylic oxidation sites excluding steroid dienone is 1. The van der Waals surface area contributed by atoms with Crippen LogP contribution in [-0.4, -0.2) is 31.1 Å². The van der Waals surface area contributed by atoms with Gasteiger partial charge in [0.15, 0.2) is 0 Å². The zero-order chi connectivity index (χ0) is 18.4. The van der Waals surface area contributed by atoms with Gasteiger partial charge in [0, 0.05) is 37.8 Å². The molecule has 0 amide bonds. The van der Waals surface area contributed by atoms with E-state index >= 15 is 0 Å². The maximum absolute atomic E-state index is 14.6. The maximum Gasteiger partial charge on any atom is 0.416 e. The summed E-state index contributed by atoms with van der Waals surface area (Å²) in [5.41, 5.74) is -0.861. The molecule has 1 heterocycles. The minimum Gasteiger partial charge on any atom is -0.314 e. The predicted molar refractivity (Wildman–Crippen MR) is 92.3 cm³/mol. The Balaban J connectivity index is 2.34. The molecule has 2 nitrogen and oxygen atoms in total. The van der Waals surface area contributed by atoms with E-state index in [1.165, 1.54) is 0 Å². The van der Waals surface area contributed by atoms with Gasteiger partial charge in [-0.2, -0.15) is 13.2 Å². The average molecular weight is 379 g/mol. The molecule has 0 radical (unpaired) electrons. The molecule has 1 N–H and O–H groups in total. The highest BCUT2D eigenvalue weighted by Crippen LogP contribution is 2.38. The SMILES string of the molecule is C=CCCCC[C@H](c1cc(C(F)(F)F)cc(Cl)c1F)N1CCNCC1. The van der Waals surface area contributed by atoms with E-state index < -0.39 is 28.6 Å². The van der Waals surface area contributed by atoms with Crippen molar-refractivity contribution in [3.63, 3.8) is 0 Å². The molecule has 1 aromatic rings. The van der Waals surface area contributed by atoms with Crippen molar-refractivity contribution in [2.24, 2.45) is 0 Å². The lowest BCUT2D eigenvalue weighted by molar-refractivity contribution is -0.137. The molecule has 0 bridgehead atoms. The van der Waals surface area contributed by atoms with Crippen molar-refractivity contribution in [3.8, 4) is 0 Å². The number of nitrogens with zero attached hydrogens (tertiary/aromatic N) is 1. The minimum absolute atomic E-state index is 0.0420. The molecule has 25 heavy (non-hydrogen) atoms. The van der Waals surface area contributed by atoms with Crippen LogP contribution in [0.25, 0.3) is 0 Å². The van der Waals surface area contributed by atoms with E-state index in [1.54, 1.807) is 0 Å². The van der Waals surface area contributed by atoms with Crippen LogP contribution in [0.3, 0.4) is 0 Å². The number of piperazine rings is 1. The van der Waals surface area contributed by atoms with E-state index in [-0.39, 0.29) is 5.56 Å². The van der Waals surface area contributed by atoms with Crippen LogP contribution in [0.1, 0.15) is 42.9 Å². The zero-order valence-electron chi connectivity index (χ0n) is 14.0. The number of alkyl halides is 3. The van der Waals surface area contributed by atoms with Crippen LogP contribution in [-0.2, 0) is 6.18 Å². The van der Waals surface area contributed by atoms with Crippen LogP contribution in [0.5, 0.6) is 0 Å². The van der Waals surface area contributed by atoms with Crippen molar-refractivity contribution in [1.82, 2.24) is 10.2 Å². The Bertz CT molecular complexity index is 583. The first-order chi connectivity index (χ1) is 11.8. The Morgan fingerprint density at radius 3 is 2.52 bits per heavy atom. The molecule has 1 aromatic carbocycles. The van der Waals surface area contributed by atoms with Gasteiger partial charge in [0.2, 0.25) is 0 Å². The molecule has 0 aromatic heterocycles. The van der Waals surface area contributed by atoms with Gasteiger partial charge in [-0.1, -0.05) is 24.1 Å². The Morgan fingerprint density at radius 1 is 1.24 bits per heavy atom. The third-order valence-corrected chi connectivity index (χ3v) is 4.75. The Morgan fingerprint density at radius 2 is 1.92 bits per heavy atom. The second-order valence-corrected chi connectivity index (χ2v) is 6.64. The lowest BCUT2D eigenvalue weighted by Gasteiger charge is -2.36. The Hall–Kier alpha value is -1.11. The standard InChI is InChI=1S/C18H23ClF4N2/c1-2-3-4-5-6-16(25-9-7-24-8-10-25)14-11-13(18(21,22)23)12-15(19)17(14)20/h2,11-12,16,24H,1,3-10H2/t16-/m1/s1. The first-order valence-electron chi connectivity index (χ1n) is 8.46. The number of nitrogens with one attached hydrogen (secondary N) is 1. The predicted octanol–water partition coefficient (Wildman–Crippen LogP) is 5.19. The summed E-state index contributed by atoms with van der Waals surface area (Å²) in [6.07, 6.45) is 0.335. The van der Waals surface area contributed by atoms with Crippen molar-refractivity contribution in [2.45, 2.75) is 37.9 Å². The lowest BCUT2D eigenvalue weighted by atomic mass is 9.95. The minimum atomic E-state index is -4.55. The van der Waals surface area contributed by atoms with E-state index in [0.29, 0.717) is 25.6 Å². The third kappa shape index (κ3) is 5.43. The summed E-state index contributed by atoms with van der Waals surface area (Å²) in [5.74, 6) is -0.748. The number of rotatable bonds is 7. The normalized spacial score (nSPS) is 17.5. The summed E-state index contributed by atoms with van der Waals surface area (Å²) < 4.78 is 54.0. The highest BCUT2D eigenvalue weighted by Gasteiger charge is 2.34. The molecule has 1 aliphatic heterocycles. The van der Waals surface area contributed by atoms with Crippen molar-refractivity contribution in [1.29, 1.82) is 0 Å². The molecule has 0 aliphatic carbocycles. The molecule has 140 valence electrons. The Labute approximate surface area is 150 Å². The van der Waals surface area contributed by atoms with Crippen LogP contribution < -0.4 is 5.32 Å². The third-order valence-electron chi connectivity index (χ3n) is 4.47. The summed E-state index contributed by atoms with van der Waals surface area (Å²) >= 11 is 5.77. The van der Waals surface area contributed by atoms with Crippen LogP contribution >= 0.6 is 11.6 Å².